The van der Waals surface area contributed by atoms with Crippen molar-refractivity contribution in [2.45, 2.75) is 6.10 Å². The van der Waals surface area contributed by atoms with Gasteiger partial charge in [-0.3, -0.25) is 10.1 Å². The molecular weight excluding hydrogens is 348 g/mol. The second-order valence-electron chi connectivity index (χ2n) is 6.52. The number of aliphatic hydroxyl groups is 1. The first-order valence-electron chi connectivity index (χ1n) is 8.54. The Morgan fingerprint density at radius 1 is 1.15 bits per heavy atom. The maximum Gasteiger partial charge on any atom is 0.319 e. The molecule has 0 bridgehead atoms. The minimum Gasteiger partial charge on any atom is -0.388 e. The fourth-order valence-electron chi connectivity index (χ4n) is 2.73. The van der Waals surface area contributed by atoms with Crippen LogP contribution in [0.25, 0.3) is 0 Å². The summed E-state index contributed by atoms with van der Waals surface area (Å²) in [4.78, 5) is 24.2. The van der Waals surface area contributed by atoms with Crippen LogP contribution in [-0.4, -0.2) is 48.1 Å². The molecule has 0 radical (unpaired) electrons. The second-order valence-corrected chi connectivity index (χ2v) is 6.52. The standard InChI is InChI=1S/C19H24N4O4/c1-22(2)13-15(18(24)14-6-4-3-5-7-14)12-20-19(25)21-16-8-10-17(11-9-16)23(26)27/h3-11,15,18,24H,12-13H2,1-2H3,(H2,20,21,25)/t15-,18+/m1/s1. The van der Waals surface area contributed by atoms with Crippen molar-refractivity contribution in [3.8, 4) is 0 Å². The molecule has 3 N–H and O–H groups in total. The molecule has 8 nitrogen and oxygen atoms in total. The predicted octanol–water partition coefficient (Wildman–Crippen LogP) is 2.63. The Balaban J connectivity index is 1.95. The number of nitrogens with zero attached hydrogens (tertiary/aromatic N) is 2. The maximum absolute atomic E-state index is 12.1. The van der Waals surface area contributed by atoms with Crippen LogP contribution in [0.5, 0.6) is 0 Å². The molecule has 0 unspecified atom stereocenters. The van der Waals surface area contributed by atoms with Crippen LogP contribution in [-0.2, 0) is 0 Å². The van der Waals surface area contributed by atoms with Gasteiger partial charge in [-0.25, -0.2) is 4.79 Å². The van der Waals surface area contributed by atoms with Gasteiger partial charge in [0.25, 0.3) is 5.69 Å². The molecule has 0 aliphatic carbocycles. The Hall–Kier alpha value is -2.97. The first-order chi connectivity index (χ1) is 12.9. The third kappa shape index (κ3) is 6.36. The van der Waals surface area contributed by atoms with Crippen molar-refractivity contribution in [1.82, 2.24) is 10.2 Å². The van der Waals surface area contributed by atoms with Gasteiger partial charge in [-0.15, -0.1) is 0 Å². The summed E-state index contributed by atoms with van der Waals surface area (Å²) in [6, 6.07) is 14.4. The highest BCUT2D eigenvalue weighted by Crippen LogP contribution is 2.22. The van der Waals surface area contributed by atoms with Gasteiger partial charge >= 0.3 is 6.03 Å². The summed E-state index contributed by atoms with van der Waals surface area (Å²) in [7, 11) is 3.81. The van der Waals surface area contributed by atoms with Gasteiger partial charge < -0.3 is 20.6 Å². The lowest BCUT2D eigenvalue weighted by Crippen LogP contribution is -2.39. The Kier molecular flexibility index (Phi) is 7.27. The molecule has 0 saturated heterocycles. The summed E-state index contributed by atoms with van der Waals surface area (Å²) in [5, 5.41) is 26.7. The lowest BCUT2D eigenvalue weighted by molar-refractivity contribution is -0.384. The van der Waals surface area contributed by atoms with Gasteiger partial charge in [0, 0.05) is 36.8 Å². The van der Waals surface area contributed by atoms with E-state index in [4.69, 9.17) is 0 Å². The van der Waals surface area contributed by atoms with E-state index in [2.05, 4.69) is 10.6 Å². The number of rotatable bonds is 8. The minimum atomic E-state index is -0.715. The number of carbonyl (C=O) groups excluding carboxylic acids is 1. The summed E-state index contributed by atoms with van der Waals surface area (Å²) >= 11 is 0. The van der Waals surface area contributed by atoms with Crippen molar-refractivity contribution in [2.75, 3.05) is 32.5 Å². The fourth-order valence-corrected chi connectivity index (χ4v) is 2.73. The number of benzene rings is 2. The van der Waals surface area contributed by atoms with Gasteiger partial charge in [0.15, 0.2) is 0 Å². The van der Waals surface area contributed by atoms with E-state index in [1.807, 2.05) is 49.3 Å². The highest BCUT2D eigenvalue weighted by molar-refractivity contribution is 5.89. The maximum atomic E-state index is 12.1. The summed E-state index contributed by atoms with van der Waals surface area (Å²) < 4.78 is 0. The number of anilines is 1. The van der Waals surface area contributed by atoms with Crippen molar-refractivity contribution in [3.05, 3.63) is 70.3 Å². The molecule has 0 heterocycles. The molecule has 0 saturated carbocycles. The largest absolute Gasteiger partial charge is 0.388 e. The van der Waals surface area contributed by atoms with Gasteiger partial charge in [0.2, 0.25) is 0 Å². The average molecular weight is 372 g/mol. The van der Waals surface area contributed by atoms with E-state index in [0.29, 0.717) is 12.2 Å². The number of amides is 2. The minimum absolute atomic E-state index is 0.0435. The molecule has 2 rings (SSSR count). The van der Waals surface area contributed by atoms with E-state index in [0.717, 1.165) is 5.56 Å². The molecule has 2 amide bonds. The monoisotopic (exact) mass is 372 g/mol. The number of hydrogen-bond acceptors (Lipinski definition) is 5. The highest BCUT2D eigenvalue weighted by atomic mass is 16.6. The Labute approximate surface area is 158 Å². The smallest absolute Gasteiger partial charge is 0.319 e. The second kappa shape index (κ2) is 9.65. The first-order valence-corrected chi connectivity index (χ1v) is 8.54. The predicted molar refractivity (Wildman–Crippen MR) is 104 cm³/mol. The third-order valence-electron chi connectivity index (χ3n) is 4.05. The molecule has 8 heteroatoms. The van der Waals surface area contributed by atoms with Gasteiger partial charge in [-0.05, 0) is 31.8 Å². The van der Waals surface area contributed by atoms with Crippen LogP contribution in [0, 0.1) is 16.0 Å². The number of carbonyl (C=O) groups is 1. The number of non-ortho nitro benzene ring substituents is 1. The summed E-state index contributed by atoms with van der Waals surface area (Å²) in [6.45, 7) is 0.862. The fraction of sp³-hybridized carbons (Fsp3) is 0.316. The van der Waals surface area contributed by atoms with E-state index in [9.17, 15) is 20.0 Å². The van der Waals surface area contributed by atoms with Crippen molar-refractivity contribution in [1.29, 1.82) is 0 Å². The molecule has 2 aromatic rings. The molecule has 0 aliphatic rings. The zero-order valence-corrected chi connectivity index (χ0v) is 15.3. The van der Waals surface area contributed by atoms with Crippen molar-refractivity contribution in [3.63, 3.8) is 0 Å². The first kappa shape index (κ1) is 20.3. The SMILES string of the molecule is CN(C)C[C@@H](CNC(=O)Nc1ccc([N+](=O)[O-])cc1)[C@@H](O)c1ccccc1. The zero-order valence-electron chi connectivity index (χ0n) is 15.3. The van der Waals surface area contributed by atoms with E-state index in [1.165, 1.54) is 24.3 Å². The van der Waals surface area contributed by atoms with Crippen LogP contribution in [0.1, 0.15) is 11.7 Å². The normalized spacial score (nSPS) is 13.0. The van der Waals surface area contributed by atoms with Crippen molar-refractivity contribution >= 4 is 17.4 Å². The van der Waals surface area contributed by atoms with E-state index in [-0.39, 0.29) is 18.2 Å². The van der Waals surface area contributed by atoms with E-state index >= 15 is 0 Å². The number of nitro benzene ring substituents is 1. The summed E-state index contributed by atoms with van der Waals surface area (Å²) in [5.41, 5.74) is 1.20. The van der Waals surface area contributed by atoms with Crippen LogP contribution in [0.15, 0.2) is 54.6 Å². The van der Waals surface area contributed by atoms with Crippen LogP contribution in [0.3, 0.4) is 0 Å². The highest BCUT2D eigenvalue weighted by Gasteiger charge is 2.22. The van der Waals surface area contributed by atoms with Crippen LogP contribution < -0.4 is 10.6 Å². The Morgan fingerprint density at radius 2 is 1.78 bits per heavy atom. The van der Waals surface area contributed by atoms with E-state index in [1.54, 1.807) is 0 Å². The molecular formula is C19H24N4O4. The number of nitro groups is 1. The molecule has 2 aromatic carbocycles. The lowest BCUT2D eigenvalue weighted by atomic mass is 9.95. The topological polar surface area (TPSA) is 108 Å². The van der Waals surface area contributed by atoms with Gasteiger partial charge in [0.05, 0.1) is 11.0 Å². The average Bonchev–Trinajstić information content (AvgIpc) is 2.65. The molecule has 0 aliphatic heterocycles. The molecule has 2 atom stereocenters. The van der Waals surface area contributed by atoms with Crippen LogP contribution in [0.4, 0.5) is 16.2 Å². The molecule has 0 fully saturated rings. The van der Waals surface area contributed by atoms with Crippen LogP contribution in [0.2, 0.25) is 0 Å². The quantitative estimate of drug-likeness (QED) is 0.488. The van der Waals surface area contributed by atoms with E-state index < -0.39 is 17.1 Å². The number of nitrogens with one attached hydrogen (secondary N) is 2. The number of hydrogen-bond donors (Lipinski definition) is 3. The molecule has 144 valence electrons. The van der Waals surface area contributed by atoms with Gasteiger partial charge in [0.1, 0.15) is 0 Å². The zero-order chi connectivity index (χ0) is 19.8. The third-order valence-corrected chi connectivity index (χ3v) is 4.05. The van der Waals surface area contributed by atoms with Crippen molar-refractivity contribution < 1.29 is 14.8 Å². The molecule has 0 spiro atoms. The summed E-state index contributed by atoms with van der Waals surface area (Å²) in [6.07, 6.45) is -0.715. The Morgan fingerprint density at radius 3 is 2.33 bits per heavy atom. The lowest BCUT2D eigenvalue weighted by Gasteiger charge is -2.26. The Bertz CT molecular complexity index is 750. The van der Waals surface area contributed by atoms with Crippen LogP contribution >= 0.6 is 0 Å². The summed E-state index contributed by atoms with van der Waals surface area (Å²) in [5.74, 6) is -0.204. The molecule has 0 aromatic heterocycles. The number of urea groups is 1. The van der Waals surface area contributed by atoms with Crippen molar-refractivity contribution in [2.24, 2.45) is 5.92 Å². The molecule has 27 heavy (non-hydrogen) atoms. The van der Waals surface area contributed by atoms with Gasteiger partial charge in [-0.2, -0.15) is 0 Å². The number of aliphatic hydroxyl groups excluding tert-OH is 1. The van der Waals surface area contributed by atoms with Gasteiger partial charge in [-0.1, -0.05) is 30.3 Å².